The number of aryl methyl sites for hydroxylation is 1. The highest BCUT2D eigenvalue weighted by atomic mass is 16.5. The predicted octanol–water partition coefficient (Wildman–Crippen LogP) is 2.40. The maximum Gasteiger partial charge on any atom is 0.226 e. The molecule has 0 bridgehead atoms. The third-order valence-electron chi connectivity index (χ3n) is 4.25. The maximum absolute atomic E-state index is 5.29. The fourth-order valence-electron chi connectivity index (χ4n) is 2.77. The number of rotatable bonds is 7. The molecule has 5 nitrogen and oxygen atoms in total. The molecular weight excluding hydrogens is 264 g/mol. The molecule has 0 N–H and O–H groups in total. The lowest BCUT2D eigenvalue weighted by Crippen LogP contribution is -2.45. The molecule has 0 spiro atoms. The van der Waals surface area contributed by atoms with Gasteiger partial charge in [0.25, 0.3) is 0 Å². The SMILES string of the molecule is CC(CCCc1nc(C(C)C)no1)CN1CCN(C)CC1. The van der Waals surface area contributed by atoms with E-state index in [2.05, 4.69) is 47.8 Å². The first-order valence-corrected chi connectivity index (χ1v) is 8.28. The van der Waals surface area contributed by atoms with Gasteiger partial charge >= 0.3 is 0 Å². The maximum atomic E-state index is 5.29. The largest absolute Gasteiger partial charge is 0.339 e. The molecule has 1 unspecified atom stereocenters. The van der Waals surface area contributed by atoms with Crippen molar-refractivity contribution in [2.45, 2.75) is 46.0 Å². The van der Waals surface area contributed by atoms with Gasteiger partial charge in [-0.2, -0.15) is 4.98 Å². The summed E-state index contributed by atoms with van der Waals surface area (Å²) in [7, 11) is 2.20. The summed E-state index contributed by atoms with van der Waals surface area (Å²) < 4.78 is 5.29. The molecule has 0 aliphatic carbocycles. The minimum absolute atomic E-state index is 0.346. The van der Waals surface area contributed by atoms with Gasteiger partial charge in [0.2, 0.25) is 5.89 Å². The van der Waals surface area contributed by atoms with Gasteiger partial charge in [0.15, 0.2) is 5.82 Å². The number of hydrogen-bond donors (Lipinski definition) is 0. The van der Waals surface area contributed by atoms with Gasteiger partial charge in [0, 0.05) is 45.1 Å². The minimum atomic E-state index is 0.346. The van der Waals surface area contributed by atoms with E-state index in [-0.39, 0.29) is 0 Å². The van der Waals surface area contributed by atoms with Crippen molar-refractivity contribution in [1.82, 2.24) is 19.9 Å². The Morgan fingerprint density at radius 3 is 2.48 bits per heavy atom. The van der Waals surface area contributed by atoms with Crippen LogP contribution in [0.3, 0.4) is 0 Å². The molecule has 21 heavy (non-hydrogen) atoms. The molecule has 120 valence electrons. The van der Waals surface area contributed by atoms with E-state index in [0.717, 1.165) is 30.5 Å². The van der Waals surface area contributed by atoms with Crippen molar-refractivity contribution in [2.24, 2.45) is 5.92 Å². The first-order chi connectivity index (χ1) is 10.0. The average Bonchev–Trinajstić information content (AvgIpc) is 2.90. The first-order valence-electron chi connectivity index (χ1n) is 8.28. The smallest absolute Gasteiger partial charge is 0.226 e. The molecule has 0 radical (unpaired) electrons. The van der Waals surface area contributed by atoms with E-state index >= 15 is 0 Å². The molecule has 1 atom stereocenters. The summed E-state index contributed by atoms with van der Waals surface area (Å²) in [4.78, 5) is 9.43. The Balaban J connectivity index is 1.63. The third-order valence-corrected chi connectivity index (χ3v) is 4.25. The molecule has 1 aliphatic heterocycles. The second-order valence-electron chi connectivity index (χ2n) is 6.80. The summed E-state index contributed by atoms with van der Waals surface area (Å²) >= 11 is 0. The minimum Gasteiger partial charge on any atom is -0.339 e. The first kappa shape index (κ1) is 16.4. The van der Waals surface area contributed by atoms with E-state index in [1.165, 1.54) is 39.1 Å². The zero-order valence-corrected chi connectivity index (χ0v) is 14.0. The van der Waals surface area contributed by atoms with Crippen LogP contribution in [0.1, 0.15) is 51.2 Å². The van der Waals surface area contributed by atoms with E-state index in [1.807, 2.05) is 0 Å². The fourth-order valence-corrected chi connectivity index (χ4v) is 2.77. The molecule has 0 aromatic carbocycles. The summed E-state index contributed by atoms with van der Waals surface area (Å²) in [6.45, 7) is 12.6. The molecule has 1 aromatic rings. The molecule has 2 heterocycles. The van der Waals surface area contributed by atoms with Gasteiger partial charge in [0.1, 0.15) is 0 Å². The van der Waals surface area contributed by atoms with E-state index in [4.69, 9.17) is 4.52 Å². The molecule has 0 amide bonds. The molecule has 1 fully saturated rings. The highest BCUT2D eigenvalue weighted by Crippen LogP contribution is 2.14. The Bertz CT molecular complexity index is 410. The highest BCUT2D eigenvalue weighted by Gasteiger charge is 2.16. The molecule has 5 heteroatoms. The van der Waals surface area contributed by atoms with Crippen LogP contribution in [0.15, 0.2) is 4.52 Å². The van der Waals surface area contributed by atoms with Crippen LogP contribution in [0.5, 0.6) is 0 Å². The summed E-state index contributed by atoms with van der Waals surface area (Å²) in [6, 6.07) is 0. The van der Waals surface area contributed by atoms with Gasteiger partial charge in [-0.1, -0.05) is 25.9 Å². The van der Waals surface area contributed by atoms with Gasteiger partial charge in [-0.3, -0.25) is 0 Å². The summed E-state index contributed by atoms with van der Waals surface area (Å²) in [6.07, 6.45) is 3.27. The van der Waals surface area contributed by atoms with Gasteiger partial charge in [-0.25, -0.2) is 0 Å². The van der Waals surface area contributed by atoms with Crippen molar-refractivity contribution in [3.63, 3.8) is 0 Å². The molecular formula is C16H30N4O. The lowest BCUT2D eigenvalue weighted by Gasteiger charge is -2.33. The van der Waals surface area contributed by atoms with Crippen LogP contribution in [-0.2, 0) is 6.42 Å². The number of aromatic nitrogens is 2. The number of likely N-dealkylation sites (N-methyl/N-ethyl adjacent to an activating group) is 1. The molecule has 0 saturated carbocycles. The van der Waals surface area contributed by atoms with Gasteiger partial charge < -0.3 is 14.3 Å². The highest BCUT2D eigenvalue weighted by molar-refractivity contribution is 4.91. The summed E-state index contributed by atoms with van der Waals surface area (Å²) in [5.74, 6) is 2.71. The quantitative estimate of drug-likeness (QED) is 0.772. The van der Waals surface area contributed by atoms with E-state index in [9.17, 15) is 0 Å². The Morgan fingerprint density at radius 2 is 1.86 bits per heavy atom. The second-order valence-corrected chi connectivity index (χ2v) is 6.80. The van der Waals surface area contributed by atoms with Crippen LogP contribution >= 0.6 is 0 Å². The molecule has 2 rings (SSSR count). The normalized spacial score (nSPS) is 19.3. The monoisotopic (exact) mass is 294 g/mol. The topological polar surface area (TPSA) is 45.4 Å². The summed E-state index contributed by atoms with van der Waals surface area (Å²) in [5.41, 5.74) is 0. The van der Waals surface area contributed by atoms with Crippen LogP contribution in [0.4, 0.5) is 0 Å². The average molecular weight is 294 g/mol. The van der Waals surface area contributed by atoms with Gasteiger partial charge in [0.05, 0.1) is 0 Å². The van der Waals surface area contributed by atoms with E-state index in [0.29, 0.717) is 5.92 Å². The van der Waals surface area contributed by atoms with Crippen molar-refractivity contribution >= 4 is 0 Å². The van der Waals surface area contributed by atoms with E-state index in [1.54, 1.807) is 0 Å². The van der Waals surface area contributed by atoms with Crippen LogP contribution < -0.4 is 0 Å². The van der Waals surface area contributed by atoms with Crippen molar-refractivity contribution in [1.29, 1.82) is 0 Å². The third kappa shape index (κ3) is 5.40. The predicted molar refractivity (Wildman–Crippen MR) is 84.4 cm³/mol. The van der Waals surface area contributed by atoms with Crippen LogP contribution in [0.2, 0.25) is 0 Å². The molecule has 1 saturated heterocycles. The number of nitrogens with zero attached hydrogens (tertiary/aromatic N) is 4. The Morgan fingerprint density at radius 1 is 1.14 bits per heavy atom. The zero-order chi connectivity index (χ0) is 15.2. The number of hydrogen-bond acceptors (Lipinski definition) is 5. The van der Waals surface area contributed by atoms with Crippen LogP contribution in [-0.4, -0.2) is 59.7 Å². The fraction of sp³-hybridized carbons (Fsp3) is 0.875. The standard InChI is InChI=1S/C16H30N4O/c1-13(2)16-17-15(21-18-16)7-5-6-14(3)12-20-10-8-19(4)9-11-20/h13-14H,5-12H2,1-4H3. The molecule has 1 aliphatic rings. The Labute approximate surface area is 128 Å². The summed E-state index contributed by atoms with van der Waals surface area (Å²) in [5, 5.41) is 4.02. The van der Waals surface area contributed by atoms with Gasteiger partial charge in [-0.15, -0.1) is 0 Å². The lowest BCUT2D eigenvalue weighted by atomic mass is 10.0. The molecule has 1 aromatic heterocycles. The van der Waals surface area contributed by atoms with E-state index < -0.39 is 0 Å². The Hall–Kier alpha value is -0.940. The van der Waals surface area contributed by atoms with Crippen molar-refractivity contribution in [2.75, 3.05) is 39.8 Å². The van der Waals surface area contributed by atoms with Gasteiger partial charge in [-0.05, 0) is 25.8 Å². The van der Waals surface area contributed by atoms with Crippen molar-refractivity contribution in [3.05, 3.63) is 11.7 Å². The van der Waals surface area contributed by atoms with Crippen LogP contribution in [0.25, 0.3) is 0 Å². The second kappa shape index (κ2) is 7.90. The number of piperazine rings is 1. The lowest BCUT2D eigenvalue weighted by molar-refractivity contribution is 0.136. The van der Waals surface area contributed by atoms with Crippen molar-refractivity contribution in [3.8, 4) is 0 Å². The van der Waals surface area contributed by atoms with Crippen LogP contribution in [0, 0.1) is 5.92 Å². The Kier molecular flexibility index (Phi) is 6.18. The van der Waals surface area contributed by atoms with Crippen molar-refractivity contribution < 1.29 is 4.52 Å². The zero-order valence-electron chi connectivity index (χ0n) is 14.0.